The van der Waals surface area contributed by atoms with E-state index in [1.165, 1.54) is 6.33 Å². The summed E-state index contributed by atoms with van der Waals surface area (Å²) in [6.07, 6.45) is 6.98. The zero-order valence-corrected chi connectivity index (χ0v) is 8.27. The quantitative estimate of drug-likeness (QED) is 0.870. The van der Waals surface area contributed by atoms with E-state index in [4.69, 9.17) is 0 Å². The lowest BCUT2D eigenvalue weighted by Gasteiger charge is -2.06. The molecule has 0 atom stereocenters. The second kappa shape index (κ2) is 3.57. The predicted molar refractivity (Wildman–Crippen MR) is 53.2 cm³/mol. The minimum Gasteiger partial charge on any atom is -0.277 e. The van der Waals surface area contributed by atoms with Crippen LogP contribution in [0.3, 0.4) is 0 Å². The molecule has 2 aromatic heterocycles. The molecule has 0 aliphatic rings. The number of rotatable bonds is 2. The lowest BCUT2D eigenvalue weighted by atomic mass is 10.6. The van der Waals surface area contributed by atoms with Crippen LogP contribution in [0.2, 0.25) is 0 Å². The first-order chi connectivity index (χ1) is 6.36. The third-order valence-electron chi connectivity index (χ3n) is 1.51. The average molecular weight is 239 g/mol. The summed E-state index contributed by atoms with van der Waals surface area (Å²) >= 11 is 3.34. The average Bonchev–Trinajstić information content (AvgIpc) is 2.61. The van der Waals surface area contributed by atoms with E-state index in [0.29, 0.717) is 0 Å². The molecule has 13 heavy (non-hydrogen) atoms. The van der Waals surface area contributed by atoms with E-state index >= 15 is 0 Å². The summed E-state index contributed by atoms with van der Waals surface area (Å²) in [4.78, 5) is 7.93. The molecule has 5 heteroatoms. The van der Waals surface area contributed by atoms with Crippen molar-refractivity contribution in [1.29, 1.82) is 0 Å². The van der Waals surface area contributed by atoms with Crippen molar-refractivity contribution in [2.24, 2.45) is 0 Å². The summed E-state index contributed by atoms with van der Waals surface area (Å²) in [5.74, 6) is 0.742. The number of aromatic nitrogens is 3. The molecular formula is C8H7BrN4. The predicted octanol–water partition coefficient (Wildman–Crippen LogP) is 1.92. The summed E-state index contributed by atoms with van der Waals surface area (Å²) in [6.45, 7) is 0. The van der Waals surface area contributed by atoms with Gasteiger partial charge >= 0.3 is 0 Å². The fourth-order valence-electron chi connectivity index (χ4n) is 0.926. The van der Waals surface area contributed by atoms with Gasteiger partial charge in [-0.05, 0) is 28.1 Å². The van der Waals surface area contributed by atoms with E-state index in [-0.39, 0.29) is 0 Å². The van der Waals surface area contributed by atoms with Gasteiger partial charge in [0.25, 0.3) is 0 Å². The number of hydrogen-bond acceptors (Lipinski definition) is 3. The molecule has 0 fully saturated rings. The Kier molecular flexibility index (Phi) is 2.27. The van der Waals surface area contributed by atoms with Crippen LogP contribution >= 0.6 is 15.9 Å². The van der Waals surface area contributed by atoms with Crippen molar-refractivity contribution in [2.45, 2.75) is 0 Å². The fraction of sp³-hybridized carbons (Fsp3) is 0. The Morgan fingerprint density at radius 1 is 1.31 bits per heavy atom. The van der Waals surface area contributed by atoms with Crippen molar-refractivity contribution < 1.29 is 0 Å². The Bertz CT molecular complexity index is 385. The van der Waals surface area contributed by atoms with Crippen molar-refractivity contribution >= 4 is 21.7 Å². The molecule has 0 saturated heterocycles. The van der Waals surface area contributed by atoms with Crippen molar-refractivity contribution in [3.8, 4) is 0 Å². The first-order valence-corrected chi connectivity index (χ1v) is 4.51. The monoisotopic (exact) mass is 238 g/mol. The van der Waals surface area contributed by atoms with Crippen LogP contribution in [-0.4, -0.2) is 14.6 Å². The van der Waals surface area contributed by atoms with Crippen molar-refractivity contribution in [3.63, 3.8) is 0 Å². The Balaban J connectivity index is 2.24. The van der Waals surface area contributed by atoms with Crippen LogP contribution in [0, 0.1) is 0 Å². The van der Waals surface area contributed by atoms with Crippen LogP contribution in [0.1, 0.15) is 0 Å². The van der Waals surface area contributed by atoms with Crippen LogP contribution in [-0.2, 0) is 0 Å². The number of halogens is 1. The van der Waals surface area contributed by atoms with Crippen LogP contribution in [0.25, 0.3) is 0 Å². The minimum atomic E-state index is 0.742. The highest BCUT2D eigenvalue weighted by Gasteiger charge is 1.98. The molecule has 0 amide bonds. The molecular weight excluding hydrogens is 232 g/mol. The molecule has 2 aromatic rings. The maximum absolute atomic E-state index is 4.06. The minimum absolute atomic E-state index is 0.742. The van der Waals surface area contributed by atoms with Gasteiger partial charge in [0, 0.05) is 18.6 Å². The van der Waals surface area contributed by atoms with Crippen LogP contribution in [0.4, 0.5) is 5.82 Å². The summed E-state index contributed by atoms with van der Waals surface area (Å²) < 4.78 is 2.65. The number of anilines is 1. The van der Waals surface area contributed by atoms with Gasteiger partial charge in [0.05, 0.1) is 4.47 Å². The van der Waals surface area contributed by atoms with Gasteiger partial charge < -0.3 is 0 Å². The Morgan fingerprint density at radius 3 is 2.77 bits per heavy atom. The Labute approximate surface area is 83.7 Å². The van der Waals surface area contributed by atoms with E-state index in [2.05, 4.69) is 31.3 Å². The van der Waals surface area contributed by atoms with Gasteiger partial charge in [-0.1, -0.05) is 0 Å². The van der Waals surface area contributed by atoms with Crippen molar-refractivity contribution in [3.05, 3.63) is 41.5 Å². The maximum Gasteiger partial charge on any atom is 0.162 e. The number of nitrogens with one attached hydrogen (secondary N) is 1. The lowest BCUT2D eigenvalue weighted by molar-refractivity contribution is 0.942. The zero-order valence-electron chi connectivity index (χ0n) is 6.68. The molecule has 4 nitrogen and oxygen atoms in total. The summed E-state index contributed by atoms with van der Waals surface area (Å²) in [5, 5.41) is 0. The van der Waals surface area contributed by atoms with Gasteiger partial charge in [0.2, 0.25) is 0 Å². The molecule has 0 aliphatic heterocycles. The summed E-state index contributed by atoms with van der Waals surface area (Å²) in [7, 11) is 0. The Morgan fingerprint density at radius 2 is 2.08 bits per heavy atom. The van der Waals surface area contributed by atoms with E-state index in [1.54, 1.807) is 6.20 Å². The third-order valence-corrected chi connectivity index (χ3v) is 2.09. The summed E-state index contributed by atoms with van der Waals surface area (Å²) in [6, 6.07) is 3.87. The highest BCUT2D eigenvalue weighted by Crippen LogP contribution is 2.16. The molecule has 0 bridgehead atoms. The second-order valence-electron chi connectivity index (χ2n) is 2.42. The van der Waals surface area contributed by atoms with Gasteiger partial charge in [-0.3, -0.25) is 10.1 Å². The van der Waals surface area contributed by atoms with Gasteiger partial charge in [-0.2, -0.15) is 0 Å². The van der Waals surface area contributed by atoms with Crippen LogP contribution < -0.4 is 5.43 Å². The highest BCUT2D eigenvalue weighted by atomic mass is 79.9. The van der Waals surface area contributed by atoms with E-state index in [9.17, 15) is 0 Å². The van der Waals surface area contributed by atoms with E-state index in [1.807, 2.05) is 29.2 Å². The molecule has 2 rings (SSSR count). The van der Waals surface area contributed by atoms with Crippen molar-refractivity contribution in [1.82, 2.24) is 14.6 Å². The standard InChI is InChI=1S/C8H7BrN4/c9-7-5-10-6-11-8(7)12-13-3-1-2-4-13/h1-6H,(H,10,11,12). The molecule has 1 N–H and O–H groups in total. The van der Waals surface area contributed by atoms with Crippen LogP contribution in [0.15, 0.2) is 41.5 Å². The molecule has 0 radical (unpaired) electrons. The van der Waals surface area contributed by atoms with Gasteiger partial charge in [-0.15, -0.1) is 0 Å². The largest absolute Gasteiger partial charge is 0.277 e. The van der Waals surface area contributed by atoms with Gasteiger partial charge in [0.15, 0.2) is 5.82 Å². The summed E-state index contributed by atoms with van der Waals surface area (Å²) in [5.41, 5.74) is 3.07. The SMILES string of the molecule is Brc1cncnc1Nn1cccc1. The van der Waals surface area contributed by atoms with Gasteiger partial charge in [-0.25, -0.2) is 9.97 Å². The first-order valence-electron chi connectivity index (χ1n) is 3.72. The molecule has 0 aliphatic carbocycles. The second-order valence-corrected chi connectivity index (χ2v) is 3.28. The molecule has 66 valence electrons. The first kappa shape index (κ1) is 8.25. The molecule has 0 aromatic carbocycles. The number of hydrogen-bond donors (Lipinski definition) is 1. The van der Waals surface area contributed by atoms with E-state index < -0.39 is 0 Å². The van der Waals surface area contributed by atoms with Gasteiger partial charge in [0.1, 0.15) is 6.33 Å². The molecule has 0 spiro atoms. The third kappa shape index (κ3) is 1.86. The van der Waals surface area contributed by atoms with Crippen LogP contribution in [0.5, 0.6) is 0 Å². The maximum atomic E-state index is 4.06. The molecule has 0 unspecified atom stereocenters. The lowest BCUT2D eigenvalue weighted by Crippen LogP contribution is -2.07. The smallest absolute Gasteiger partial charge is 0.162 e. The van der Waals surface area contributed by atoms with Crippen molar-refractivity contribution in [2.75, 3.05) is 5.43 Å². The topological polar surface area (TPSA) is 42.7 Å². The fourth-order valence-corrected chi connectivity index (χ4v) is 1.24. The molecule has 0 saturated carbocycles. The molecule has 2 heterocycles. The zero-order chi connectivity index (χ0) is 9.10. The Hall–Kier alpha value is -1.36. The highest BCUT2D eigenvalue weighted by molar-refractivity contribution is 9.10. The number of nitrogens with zero attached hydrogens (tertiary/aromatic N) is 3. The van der Waals surface area contributed by atoms with E-state index in [0.717, 1.165) is 10.3 Å². The normalized spacial score (nSPS) is 9.92.